The van der Waals surface area contributed by atoms with Gasteiger partial charge in [0.25, 0.3) is 0 Å². The Morgan fingerprint density at radius 1 is 0.957 bits per heavy atom. The van der Waals surface area contributed by atoms with E-state index in [9.17, 15) is 4.79 Å². The Hall–Kier alpha value is -2.62. The van der Waals surface area contributed by atoms with Crippen LogP contribution in [0.25, 0.3) is 0 Å². The maximum Gasteiger partial charge on any atom is 0.207 e. The third-order valence-electron chi connectivity index (χ3n) is 4.23. The molecule has 1 saturated heterocycles. The number of hydrogen-bond donors (Lipinski definition) is 1. The molecule has 0 radical (unpaired) electrons. The van der Waals surface area contributed by atoms with Crippen LogP contribution in [0, 0.1) is 0 Å². The number of carbonyl (C=O) groups is 1. The lowest BCUT2D eigenvalue weighted by Crippen LogP contribution is -2.23. The molecule has 2 aromatic carbocycles. The predicted octanol–water partition coefficient (Wildman–Crippen LogP) is 3.30. The van der Waals surface area contributed by atoms with Crippen LogP contribution >= 0.6 is 0 Å². The summed E-state index contributed by atoms with van der Waals surface area (Å²) in [5.74, 6) is 0. The van der Waals surface area contributed by atoms with Crippen molar-refractivity contribution in [1.82, 2.24) is 10.3 Å². The Balaban J connectivity index is 1.85. The molecule has 0 unspecified atom stereocenters. The highest BCUT2D eigenvalue weighted by atomic mass is 16.1. The van der Waals surface area contributed by atoms with Crippen molar-refractivity contribution in [2.75, 3.05) is 6.54 Å². The van der Waals surface area contributed by atoms with Crippen LogP contribution < -0.4 is 5.32 Å². The zero-order chi connectivity index (χ0) is 15.9. The summed E-state index contributed by atoms with van der Waals surface area (Å²) in [7, 11) is 0. The Bertz CT molecular complexity index is 595. The molecule has 1 N–H and O–H groups in total. The van der Waals surface area contributed by atoms with Gasteiger partial charge in [0.05, 0.1) is 18.6 Å². The molecule has 3 rings (SSSR count). The lowest BCUT2D eigenvalue weighted by Gasteiger charge is -2.28. The molecule has 0 saturated carbocycles. The molecule has 1 aliphatic rings. The van der Waals surface area contributed by atoms with Crippen LogP contribution in [-0.4, -0.2) is 24.2 Å². The normalized spacial score (nSPS) is 20.8. The summed E-state index contributed by atoms with van der Waals surface area (Å²) in [6.07, 6.45) is 4.61. The number of hydrogen-bond acceptors (Lipinski definition) is 3. The molecule has 2 atom stereocenters. The fourth-order valence-electron chi connectivity index (χ4n) is 3.18. The third-order valence-corrected chi connectivity index (χ3v) is 4.23. The van der Waals surface area contributed by atoms with Crippen molar-refractivity contribution in [3.63, 3.8) is 0 Å². The van der Waals surface area contributed by atoms with E-state index in [1.54, 1.807) is 6.21 Å². The first-order valence-electron chi connectivity index (χ1n) is 7.98. The molecule has 118 valence electrons. The standard InChI is InChI=1S/C19H21N3O/c23-15-20-13-14-21-22-18(16-7-3-1-4-8-16)11-12-19(22)17-9-5-2-6-10-17/h1-10,14-15,18-19H,11-13H2,(H,20,23)/t18-,19-/m0/s1. The molecule has 1 heterocycles. The Morgan fingerprint density at radius 2 is 1.48 bits per heavy atom. The molecule has 0 aliphatic carbocycles. The molecule has 0 bridgehead atoms. The van der Waals surface area contributed by atoms with Gasteiger partial charge in [0.2, 0.25) is 6.41 Å². The molecule has 23 heavy (non-hydrogen) atoms. The van der Waals surface area contributed by atoms with Gasteiger partial charge in [-0.3, -0.25) is 9.80 Å². The van der Waals surface area contributed by atoms with Gasteiger partial charge in [0, 0.05) is 6.21 Å². The minimum Gasteiger partial charge on any atom is -0.354 e. The van der Waals surface area contributed by atoms with Crippen molar-refractivity contribution in [3.8, 4) is 0 Å². The average Bonchev–Trinajstić information content (AvgIpc) is 3.04. The molecule has 1 aliphatic heterocycles. The van der Waals surface area contributed by atoms with E-state index in [1.165, 1.54) is 11.1 Å². The van der Waals surface area contributed by atoms with E-state index in [0.717, 1.165) is 12.8 Å². The molecule has 0 aromatic heterocycles. The van der Waals surface area contributed by atoms with E-state index in [-0.39, 0.29) is 12.1 Å². The molecular weight excluding hydrogens is 286 g/mol. The average molecular weight is 307 g/mol. The zero-order valence-corrected chi connectivity index (χ0v) is 13.0. The first kappa shape index (κ1) is 15.3. The van der Waals surface area contributed by atoms with Crippen LogP contribution in [0.1, 0.15) is 36.1 Å². The molecule has 0 spiro atoms. The Kier molecular flexibility index (Phi) is 5.04. The quantitative estimate of drug-likeness (QED) is 0.505. The van der Waals surface area contributed by atoms with E-state index in [4.69, 9.17) is 0 Å². The molecule has 1 fully saturated rings. The molecule has 4 heteroatoms. The highest BCUT2D eigenvalue weighted by Crippen LogP contribution is 2.43. The summed E-state index contributed by atoms with van der Waals surface area (Å²) >= 11 is 0. The summed E-state index contributed by atoms with van der Waals surface area (Å²) in [6, 6.07) is 21.5. The number of rotatable bonds is 6. The maximum atomic E-state index is 10.4. The van der Waals surface area contributed by atoms with Crippen LogP contribution in [0.4, 0.5) is 0 Å². The minimum absolute atomic E-state index is 0.272. The predicted molar refractivity (Wildman–Crippen MR) is 92.0 cm³/mol. The Labute approximate surface area is 136 Å². The van der Waals surface area contributed by atoms with Gasteiger partial charge in [-0.1, -0.05) is 60.7 Å². The third kappa shape index (κ3) is 3.59. The monoisotopic (exact) mass is 307 g/mol. The van der Waals surface area contributed by atoms with Crippen molar-refractivity contribution in [3.05, 3.63) is 71.8 Å². The fourth-order valence-corrected chi connectivity index (χ4v) is 3.18. The van der Waals surface area contributed by atoms with Crippen molar-refractivity contribution < 1.29 is 4.79 Å². The molecule has 2 aromatic rings. The van der Waals surface area contributed by atoms with E-state index < -0.39 is 0 Å². The van der Waals surface area contributed by atoms with Gasteiger partial charge in [0.1, 0.15) is 0 Å². The van der Waals surface area contributed by atoms with Gasteiger partial charge < -0.3 is 5.32 Å². The Morgan fingerprint density at radius 3 is 1.96 bits per heavy atom. The van der Waals surface area contributed by atoms with Crippen LogP contribution in [0.3, 0.4) is 0 Å². The van der Waals surface area contributed by atoms with Gasteiger partial charge in [0.15, 0.2) is 0 Å². The summed E-state index contributed by atoms with van der Waals surface area (Å²) in [6.45, 7) is 0.447. The van der Waals surface area contributed by atoms with Crippen LogP contribution in [0.5, 0.6) is 0 Å². The first-order valence-corrected chi connectivity index (χ1v) is 7.98. The summed E-state index contributed by atoms with van der Waals surface area (Å²) in [4.78, 5) is 10.4. The van der Waals surface area contributed by atoms with Gasteiger partial charge in [-0.15, -0.1) is 0 Å². The number of benzene rings is 2. The lowest BCUT2D eigenvalue weighted by molar-refractivity contribution is -0.109. The second-order valence-corrected chi connectivity index (χ2v) is 5.63. The SMILES string of the molecule is O=CNCC=NN1[C@H](c2ccccc2)CC[C@H]1c1ccccc1. The van der Waals surface area contributed by atoms with E-state index in [1.807, 2.05) is 12.1 Å². The smallest absolute Gasteiger partial charge is 0.207 e. The zero-order valence-electron chi connectivity index (χ0n) is 13.0. The summed E-state index contributed by atoms with van der Waals surface area (Å²) in [5.41, 5.74) is 2.57. The highest BCUT2D eigenvalue weighted by molar-refractivity contribution is 5.63. The molecule has 4 nitrogen and oxygen atoms in total. The maximum absolute atomic E-state index is 10.4. The lowest BCUT2D eigenvalue weighted by atomic mass is 10.0. The second-order valence-electron chi connectivity index (χ2n) is 5.63. The first-order chi connectivity index (χ1) is 11.4. The summed E-state index contributed by atoms with van der Waals surface area (Å²) < 4.78 is 0. The largest absolute Gasteiger partial charge is 0.354 e. The van der Waals surface area contributed by atoms with Crippen molar-refractivity contribution >= 4 is 12.6 Å². The van der Waals surface area contributed by atoms with E-state index in [0.29, 0.717) is 13.0 Å². The second kappa shape index (κ2) is 7.58. The van der Waals surface area contributed by atoms with E-state index >= 15 is 0 Å². The van der Waals surface area contributed by atoms with Gasteiger partial charge in [-0.05, 0) is 24.0 Å². The highest BCUT2D eigenvalue weighted by Gasteiger charge is 2.34. The van der Waals surface area contributed by atoms with Crippen LogP contribution in [0.15, 0.2) is 65.8 Å². The number of carbonyl (C=O) groups excluding carboxylic acids is 1. The fraction of sp³-hybridized carbons (Fsp3) is 0.263. The van der Waals surface area contributed by atoms with Crippen LogP contribution in [0.2, 0.25) is 0 Å². The van der Waals surface area contributed by atoms with Gasteiger partial charge in [-0.2, -0.15) is 5.10 Å². The molecule has 1 amide bonds. The topological polar surface area (TPSA) is 44.7 Å². The van der Waals surface area contributed by atoms with E-state index in [2.05, 4.69) is 64.0 Å². The number of hydrazone groups is 1. The summed E-state index contributed by atoms with van der Waals surface area (Å²) in [5, 5.41) is 9.47. The van der Waals surface area contributed by atoms with Gasteiger partial charge in [-0.25, -0.2) is 0 Å². The number of nitrogens with zero attached hydrogens (tertiary/aromatic N) is 2. The van der Waals surface area contributed by atoms with Gasteiger partial charge >= 0.3 is 0 Å². The van der Waals surface area contributed by atoms with Crippen molar-refractivity contribution in [2.24, 2.45) is 5.10 Å². The van der Waals surface area contributed by atoms with Crippen molar-refractivity contribution in [2.45, 2.75) is 24.9 Å². The van der Waals surface area contributed by atoms with Crippen molar-refractivity contribution in [1.29, 1.82) is 0 Å². The van der Waals surface area contributed by atoms with Crippen LogP contribution in [-0.2, 0) is 4.79 Å². The molecular formula is C19H21N3O. The minimum atomic E-state index is 0.272. The number of amides is 1. The number of nitrogens with one attached hydrogen (secondary N) is 1.